The van der Waals surface area contributed by atoms with Gasteiger partial charge in [-0.05, 0) is 29.5 Å². The van der Waals surface area contributed by atoms with E-state index in [-0.39, 0.29) is 10.5 Å². The number of rotatable bonds is 3. The second-order valence-electron chi connectivity index (χ2n) is 3.31. The topological polar surface area (TPSA) is 50.9 Å². The Balaban J connectivity index is 2.36. The molecule has 0 amide bonds. The summed E-state index contributed by atoms with van der Waals surface area (Å²) in [4.78, 5) is 3.71. The highest BCUT2D eigenvalue weighted by molar-refractivity contribution is 7.99. The predicted molar refractivity (Wildman–Crippen MR) is 57.4 cm³/mol. The van der Waals surface area contributed by atoms with Gasteiger partial charge in [0.25, 0.3) is 0 Å². The van der Waals surface area contributed by atoms with Gasteiger partial charge >= 0.3 is 0 Å². The maximum absolute atomic E-state index is 13.6. The summed E-state index contributed by atoms with van der Waals surface area (Å²) >= 11 is 0.851. The van der Waals surface area contributed by atoms with Gasteiger partial charge in [0.2, 0.25) is 0 Å². The van der Waals surface area contributed by atoms with E-state index in [0.717, 1.165) is 23.9 Å². The highest BCUT2D eigenvalue weighted by Crippen LogP contribution is 2.31. The molecule has 0 radical (unpaired) electrons. The molecule has 0 fully saturated rings. The number of aliphatic hydroxyl groups excluding tert-OH is 1. The van der Waals surface area contributed by atoms with E-state index in [1.807, 2.05) is 0 Å². The van der Waals surface area contributed by atoms with E-state index in [1.165, 1.54) is 11.0 Å². The highest BCUT2D eigenvalue weighted by atomic mass is 32.2. The van der Waals surface area contributed by atoms with Crippen LogP contribution in [0, 0.1) is 11.6 Å². The number of hydrogen-bond donors (Lipinski definition) is 1. The van der Waals surface area contributed by atoms with Gasteiger partial charge in [-0.1, -0.05) is 0 Å². The van der Waals surface area contributed by atoms with Gasteiger partial charge in [0.05, 0.1) is 11.5 Å². The van der Waals surface area contributed by atoms with Crippen LogP contribution in [0.15, 0.2) is 28.5 Å². The first-order chi connectivity index (χ1) is 8.11. The summed E-state index contributed by atoms with van der Waals surface area (Å²) in [6.07, 6.45) is 1.31. The fraction of sp³-hybridized carbons (Fsp3) is 0.200. The number of aliphatic hydroxyl groups is 1. The summed E-state index contributed by atoms with van der Waals surface area (Å²) in [7, 11) is 1.63. The van der Waals surface area contributed by atoms with Crippen LogP contribution in [-0.2, 0) is 13.7 Å². The van der Waals surface area contributed by atoms with Crippen molar-refractivity contribution in [3.05, 3.63) is 35.7 Å². The smallest absolute Gasteiger partial charge is 0.190 e. The molecule has 4 nitrogen and oxygen atoms in total. The van der Waals surface area contributed by atoms with E-state index < -0.39 is 18.2 Å². The predicted octanol–water partition coefficient (Wildman–Crippen LogP) is 1.74. The zero-order valence-electron chi connectivity index (χ0n) is 8.89. The Morgan fingerprint density at radius 1 is 1.35 bits per heavy atom. The normalized spacial score (nSPS) is 10.8. The molecule has 90 valence electrons. The molecule has 0 aliphatic rings. The average molecular weight is 257 g/mol. The fourth-order valence-electron chi connectivity index (χ4n) is 1.27. The second-order valence-corrected chi connectivity index (χ2v) is 4.29. The number of hydrogen-bond acceptors (Lipinski definition) is 4. The summed E-state index contributed by atoms with van der Waals surface area (Å²) in [6, 6.07) is 2.20. The van der Waals surface area contributed by atoms with Crippen LogP contribution >= 0.6 is 11.8 Å². The van der Waals surface area contributed by atoms with Crippen molar-refractivity contribution in [1.82, 2.24) is 14.8 Å². The van der Waals surface area contributed by atoms with E-state index in [4.69, 9.17) is 5.11 Å². The second kappa shape index (κ2) is 4.80. The first-order valence-corrected chi connectivity index (χ1v) is 5.54. The SMILES string of the molecule is Cn1ncnc1Sc1c(F)cc(CO)cc1F. The van der Waals surface area contributed by atoms with E-state index in [9.17, 15) is 8.78 Å². The zero-order chi connectivity index (χ0) is 12.4. The van der Waals surface area contributed by atoms with E-state index in [1.54, 1.807) is 7.05 Å². The molecule has 0 saturated heterocycles. The molecule has 0 bridgehead atoms. The first kappa shape index (κ1) is 12.0. The highest BCUT2D eigenvalue weighted by Gasteiger charge is 2.14. The van der Waals surface area contributed by atoms with Crippen molar-refractivity contribution in [2.75, 3.05) is 0 Å². The van der Waals surface area contributed by atoms with Crippen LogP contribution in [0.2, 0.25) is 0 Å². The molecule has 0 saturated carbocycles. The minimum atomic E-state index is -0.720. The molecule has 2 rings (SSSR count). The summed E-state index contributed by atoms with van der Waals surface area (Å²) in [5.74, 6) is -1.44. The maximum Gasteiger partial charge on any atom is 0.190 e. The molecule has 1 aromatic carbocycles. The monoisotopic (exact) mass is 257 g/mol. The standard InChI is InChI=1S/C10H9F2N3OS/c1-15-10(13-5-14-15)17-9-7(11)2-6(4-16)3-8(9)12/h2-3,5,16H,4H2,1H3. The van der Waals surface area contributed by atoms with Crippen LogP contribution in [-0.4, -0.2) is 19.9 Å². The summed E-state index contributed by atoms with van der Waals surface area (Å²) in [6.45, 7) is -0.400. The first-order valence-electron chi connectivity index (χ1n) is 4.72. The Hall–Kier alpha value is -1.47. The van der Waals surface area contributed by atoms with Crippen LogP contribution in [0.5, 0.6) is 0 Å². The lowest BCUT2D eigenvalue weighted by atomic mass is 10.2. The summed E-state index contributed by atoms with van der Waals surface area (Å²) in [5, 5.41) is 13.0. The molecule has 1 aromatic heterocycles. The van der Waals surface area contributed by atoms with Crippen LogP contribution in [0.1, 0.15) is 5.56 Å². The van der Waals surface area contributed by atoms with Gasteiger partial charge in [-0.15, -0.1) is 0 Å². The lowest BCUT2D eigenvalue weighted by molar-refractivity contribution is 0.280. The van der Waals surface area contributed by atoms with Gasteiger partial charge in [-0.3, -0.25) is 0 Å². The van der Waals surface area contributed by atoms with Crippen LogP contribution < -0.4 is 0 Å². The fourth-order valence-corrected chi connectivity index (χ4v) is 2.05. The summed E-state index contributed by atoms with van der Waals surface area (Å²) in [5.41, 5.74) is 0.197. The third-order valence-electron chi connectivity index (χ3n) is 2.10. The van der Waals surface area contributed by atoms with E-state index in [2.05, 4.69) is 10.1 Å². The number of aryl methyl sites for hydroxylation is 1. The lowest BCUT2D eigenvalue weighted by Gasteiger charge is -2.05. The van der Waals surface area contributed by atoms with Gasteiger partial charge in [0, 0.05) is 7.05 Å². The van der Waals surface area contributed by atoms with Crippen molar-refractivity contribution in [1.29, 1.82) is 0 Å². The van der Waals surface area contributed by atoms with Gasteiger partial charge in [0.15, 0.2) is 5.16 Å². The summed E-state index contributed by atoms with van der Waals surface area (Å²) < 4.78 is 28.6. The van der Waals surface area contributed by atoms with Crippen LogP contribution in [0.25, 0.3) is 0 Å². The molecule has 1 heterocycles. The quantitative estimate of drug-likeness (QED) is 0.910. The molecule has 0 spiro atoms. The molecule has 1 N–H and O–H groups in total. The van der Waals surface area contributed by atoms with Crippen molar-refractivity contribution in [3.8, 4) is 0 Å². The van der Waals surface area contributed by atoms with Gasteiger partial charge in [-0.25, -0.2) is 18.4 Å². The molecular formula is C10H9F2N3OS. The van der Waals surface area contributed by atoms with Crippen molar-refractivity contribution < 1.29 is 13.9 Å². The number of benzene rings is 1. The zero-order valence-corrected chi connectivity index (χ0v) is 9.71. The van der Waals surface area contributed by atoms with Crippen molar-refractivity contribution in [3.63, 3.8) is 0 Å². The van der Waals surface area contributed by atoms with Crippen molar-refractivity contribution in [2.45, 2.75) is 16.7 Å². The molecule has 0 aliphatic heterocycles. The largest absolute Gasteiger partial charge is 0.392 e. The minimum absolute atomic E-state index is 0.154. The molecule has 17 heavy (non-hydrogen) atoms. The van der Waals surface area contributed by atoms with Crippen LogP contribution in [0.4, 0.5) is 8.78 Å². The third-order valence-corrected chi connectivity index (χ3v) is 3.25. The number of halogens is 2. The molecule has 2 aromatic rings. The van der Waals surface area contributed by atoms with E-state index >= 15 is 0 Å². The Morgan fingerprint density at radius 2 is 2.00 bits per heavy atom. The lowest BCUT2D eigenvalue weighted by Crippen LogP contribution is -1.96. The Kier molecular flexibility index (Phi) is 3.39. The molecule has 0 unspecified atom stereocenters. The third kappa shape index (κ3) is 2.45. The Morgan fingerprint density at radius 3 is 2.47 bits per heavy atom. The van der Waals surface area contributed by atoms with Gasteiger partial charge < -0.3 is 5.11 Å². The van der Waals surface area contributed by atoms with Crippen molar-refractivity contribution in [2.24, 2.45) is 7.05 Å². The molecule has 0 aliphatic carbocycles. The average Bonchev–Trinajstić information content (AvgIpc) is 2.69. The maximum atomic E-state index is 13.6. The minimum Gasteiger partial charge on any atom is -0.392 e. The van der Waals surface area contributed by atoms with Crippen LogP contribution in [0.3, 0.4) is 0 Å². The molecule has 7 heteroatoms. The molecular weight excluding hydrogens is 248 g/mol. The number of nitrogens with zero attached hydrogens (tertiary/aromatic N) is 3. The molecule has 0 atom stereocenters. The van der Waals surface area contributed by atoms with Gasteiger partial charge in [0.1, 0.15) is 18.0 Å². The van der Waals surface area contributed by atoms with Crippen molar-refractivity contribution >= 4 is 11.8 Å². The van der Waals surface area contributed by atoms with E-state index in [0.29, 0.717) is 5.16 Å². The Bertz CT molecular complexity index is 521. The van der Waals surface area contributed by atoms with Gasteiger partial charge in [-0.2, -0.15) is 5.10 Å². The number of aromatic nitrogens is 3. The Labute approximate surface area is 100 Å².